The van der Waals surface area contributed by atoms with Crippen molar-refractivity contribution >= 4 is 0 Å². The van der Waals surface area contributed by atoms with E-state index in [0.717, 1.165) is 12.8 Å². The number of hydrogen-bond acceptors (Lipinski definition) is 2. The molecule has 16 heavy (non-hydrogen) atoms. The zero-order valence-corrected chi connectivity index (χ0v) is 12.2. The Bertz CT molecular complexity index is 164. The summed E-state index contributed by atoms with van der Waals surface area (Å²) in [5, 5.41) is 0. The zero-order valence-electron chi connectivity index (χ0n) is 12.2. The van der Waals surface area contributed by atoms with Gasteiger partial charge < -0.3 is 9.47 Å². The maximum Gasteiger partial charge on any atom is 0.0918 e. The van der Waals surface area contributed by atoms with Gasteiger partial charge in [0.1, 0.15) is 0 Å². The molecule has 0 aromatic carbocycles. The van der Waals surface area contributed by atoms with Crippen LogP contribution < -0.4 is 0 Å². The molecular weight excluding hydrogens is 200 g/mol. The highest BCUT2D eigenvalue weighted by Crippen LogP contribution is 2.27. The van der Waals surface area contributed by atoms with Crippen LogP contribution >= 0.6 is 0 Å². The molecule has 0 heterocycles. The van der Waals surface area contributed by atoms with E-state index in [1.54, 1.807) is 0 Å². The lowest BCUT2D eigenvalue weighted by atomic mass is 9.90. The summed E-state index contributed by atoms with van der Waals surface area (Å²) < 4.78 is 11.9. The van der Waals surface area contributed by atoms with Crippen molar-refractivity contribution in [2.75, 3.05) is 6.61 Å². The summed E-state index contributed by atoms with van der Waals surface area (Å²) >= 11 is 0. The molecule has 0 rings (SSSR count). The maximum absolute atomic E-state index is 6.12. The van der Waals surface area contributed by atoms with Crippen molar-refractivity contribution < 1.29 is 9.47 Å². The Balaban J connectivity index is 4.53. The average Bonchev–Trinajstić information content (AvgIpc) is 2.12. The molecule has 1 unspecified atom stereocenters. The lowest BCUT2D eigenvalue weighted by molar-refractivity contribution is -0.142. The van der Waals surface area contributed by atoms with Gasteiger partial charge in [-0.1, -0.05) is 20.8 Å². The molecule has 0 radical (unpaired) electrons. The molecule has 0 aliphatic heterocycles. The summed E-state index contributed by atoms with van der Waals surface area (Å²) in [7, 11) is 0. The Morgan fingerprint density at radius 3 is 1.81 bits per heavy atom. The SMILES string of the molecule is CCC(COC(C)C)(CC(C)C)OC(C)C. The van der Waals surface area contributed by atoms with Gasteiger partial charge in [-0.2, -0.15) is 0 Å². The quantitative estimate of drug-likeness (QED) is 0.627. The van der Waals surface area contributed by atoms with Gasteiger partial charge in [0.15, 0.2) is 0 Å². The summed E-state index contributed by atoms with van der Waals surface area (Å²) in [6.07, 6.45) is 2.60. The fourth-order valence-electron chi connectivity index (χ4n) is 2.03. The Morgan fingerprint density at radius 1 is 0.938 bits per heavy atom. The molecule has 0 fully saturated rings. The molecule has 0 saturated heterocycles. The van der Waals surface area contributed by atoms with E-state index >= 15 is 0 Å². The van der Waals surface area contributed by atoms with Crippen LogP contribution in [-0.2, 0) is 9.47 Å². The number of hydrogen-bond donors (Lipinski definition) is 0. The third kappa shape index (κ3) is 6.49. The van der Waals surface area contributed by atoms with Gasteiger partial charge in [0.25, 0.3) is 0 Å². The molecule has 0 aromatic rings. The highest BCUT2D eigenvalue weighted by molar-refractivity contribution is 4.81. The first-order valence-corrected chi connectivity index (χ1v) is 6.60. The average molecular weight is 230 g/mol. The second kappa shape index (κ2) is 7.29. The van der Waals surface area contributed by atoms with Crippen molar-refractivity contribution in [1.82, 2.24) is 0 Å². The first-order chi connectivity index (χ1) is 7.31. The molecule has 0 aliphatic rings. The van der Waals surface area contributed by atoms with Crippen LogP contribution in [-0.4, -0.2) is 24.4 Å². The van der Waals surface area contributed by atoms with E-state index < -0.39 is 0 Å². The van der Waals surface area contributed by atoms with Gasteiger partial charge in [0.05, 0.1) is 24.4 Å². The Labute approximate surface area is 102 Å². The van der Waals surface area contributed by atoms with E-state index in [1.807, 2.05) is 0 Å². The minimum absolute atomic E-state index is 0.105. The zero-order chi connectivity index (χ0) is 12.8. The van der Waals surface area contributed by atoms with Crippen LogP contribution in [0.2, 0.25) is 0 Å². The van der Waals surface area contributed by atoms with Gasteiger partial charge >= 0.3 is 0 Å². The molecule has 1 atom stereocenters. The van der Waals surface area contributed by atoms with Crippen LogP contribution in [0.1, 0.15) is 61.3 Å². The lowest BCUT2D eigenvalue weighted by Gasteiger charge is -2.36. The largest absolute Gasteiger partial charge is 0.376 e. The molecular formula is C14H30O2. The monoisotopic (exact) mass is 230 g/mol. The number of ether oxygens (including phenoxy) is 2. The van der Waals surface area contributed by atoms with Gasteiger partial charge in [-0.3, -0.25) is 0 Å². The van der Waals surface area contributed by atoms with E-state index in [9.17, 15) is 0 Å². The summed E-state index contributed by atoms with van der Waals surface area (Å²) in [5.74, 6) is 0.634. The smallest absolute Gasteiger partial charge is 0.0918 e. The fraction of sp³-hybridized carbons (Fsp3) is 1.00. The summed E-state index contributed by atoms with van der Waals surface area (Å²) in [5.41, 5.74) is -0.105. The Kier molecular flexibility index (Phi) is 7.25. The second-order valence-electron chi connectivity index (χ2n) is 5.66. The fourth-order valence-corrected chi connectivity index (χ4v) is 2.03. The normalized spacial score (nSPS) is 16.1. The first kappa shape index (κ1) is 15.9. The third-order valence-corrected chi connectivity index (χ3v) is 2.59. The molecule has 0 spiro atoms. The van der Waals surface area contributed by atoms with E-state index in [4.69, 9.17) is 9.47 Å². The van der Waals surface area contributed by atoms with Crippen LogP contribution in [0.4, 0.5) is 0 Å². The number of rotatable bonds is 8. The third-order valence-electron chi connectivity index (χ3n) is 2.59. The minimum atomic E-state index is -0.105. The molecule has 0 saturated carbocycles. The topological polar surface area (TPSA) is 18.5 Å². The summed E-state index contributed by atoms with van der Waals surface area (Å²) in [4.78, 5) is 0. The lowest BCUT2D eigenvalue weighted by Crippen LogP contribution is -2.41. The predicted molar refractivity (Wildman–Crippen MR) is 69.8 cm³/mol. The van der Waals surface area contributed by atoms with Crippen LogP contribution in [0.25, 0.3) is 0 Å². The molecule has 0 aromatic heterocycles. The predicted octanol–water partition coefficient (Wildman–Crippen LogP) is 4.03. The highest BCUT2D eigenvalue weighted by atomic mass is 16.6. The first-order valence-electron chi connectivity index (χ1n) is 6.60. The van der Waals surface area contributed by atoms with Gasteiger partial charge in [-0.25, -0.2) is 0 Å². The van der Waals surface area contributed by atoms with Crippen LogP contribution in [0, 0.1) is 5.92 Å². The second-order valence-corrected chi connectivity index (χ2v) is 5.66. The highest BCUT2D eigenvalue weighted by Gasteiger charge is 2.31. The van der Waals surface area contributed by atoms with E-state index in [2.05, 4.69) is 48.5 Å². The Morgan fingerprint density at radius 2 is 1.50 bits per heavy atom. The van der Waals surface area contributed by atoms with Crippen molar-refractivity contribution in [3.05, 3.63) is 0 Å². The van der Waals surface area contributed by atoms with Crippen LogP contribution in [0.3, 0.4) is 0 Å². The minimum Gasteiger partial charge on any atom is -0.376 e. The molecule has 2 nitrogen and oxygen atoms in total. The van der Waals surface area contributed by atoms with Crippen molar-refractivity contribution in [3.8, 4) is 0 Å². The van der Waals surface area contributed by atoms with Crippen LogP contribution in [0.15, 0.2) is 0 Å². The molecule has 2 heteroatoms. The molecule has 98 valence electrons. The Hall–Kier alpha value is -0.0800. The van der Waals surface area contributed by atoms with Gasteiger partial charge in [-0.05, 0) is 46.5 Å². The summed E-state index contributed by atoms with van der Waals surface area (Å²) in [6, 6.07) is 0. The van der Waals surface area contributed by atoms with E-state index in [-0.39, 0.29) is 17.8 Å². The van der Waals surface area contributed by atoms with Crippen molar-refractivity contribution in [2.45, 2.75) is 79.1 Å². The molecule has 0 bridgehead atoms. The van der Waals surface area contributed by atoms with E-state index in [1.165, 1.54) is 0 Å². The van der Waals surface area contributed by atoms with Crippen molar-refractivity contribution in [1.29, 1.82) is 0 Å². The van der Waals surface area contributed by atoms with Crippen LogP contribution in [0.5, 0.6) is 0 Å². The van der Waals surface area contributed by atoms with Crippen molar-refractivity contribution in [2.24, 2.45) is 5.92 Å². The van der Waals surface area contributed by atoms with Gasteiger partial charge in [0.2, 0.25) is 0 Å². The van der Waals surface area contributed by atoms with Gasteiger partial charge in [-0.15, -0.1) is 0 Å². The molecule has 0 N–H and O–H groups in total. The molecule has 0 amide bonds. The summed E-state index contributed by atoms with van der Waals surface area (Å²) in [6.45, 7) is 15.7. The maximum atomic E-state index is 6.12. The van der Waals surface area contributed by atoms with Crippen molar-refractivity contribution in [3.63, 3.8) is 0 Å². The van der Waals surface area contributed by atoms with E-state index in [0.29, 0.717) is 12.5 Å². The standard InChI is InChI=1S/C14H30O2/c1-8-14(9-11(2)3,16-13(6)7)10-15-12(4)5/h11-13H,8-10H2,1-7H3. The van der Waals surface area contributed by atoms with Gasteiger partial charge in [0, 0.05) is 0 Å². The molecule has 0 aliphatic carbocycles.